The second-order valence-electron chi connectivity index (χ2n) is 5.82. The minimum Gasteiger partial charge on any atom is -0.493 e. The molecule has 1 aromatic heterocycles. The van der Waals surface area contributed by atoms with Crippen LogP contribution in [0, 0.1) is 0 Å². The van der Waals surface area contributed by atoms with E-state index >= 15 is 0 Å². The maximum Gasteiger partial charge on any atom is 0.189 e. The van der Waals surface area contributed by atoms with Gasteiger partial charge in [-0.2, -0.15) is 0 Å². The number of nitrogens with two attached hydrogens (primary N) is 1. The number of hydrogen-bond acceptors (Lipinski definition) is 4. The summed E-state index contributed by atoms with van der Waals surface area (Å²) in [5, 5.41) is 4.18. The van der Waals surface area contributed by atoms with Gasteiger partial charge in [0.15, 0.2) is 17.5 Å². The van der Waals surface area contributed by atoms with Crippen molar-refractivity contribution in [2.45, 2.75) is 13.0 Å². The van der Waals surface area contributed by atoms with Crippen molar-refractivity contribution in [3.8, 4) is 11.5 Å². The maximum absolute atomic E-state index is 5.93. The third-order valence-electron chi connectivity index (χ3n) is 4.05. The van der Waals surface area contributed by atoms with Crippen LogP contribution in [0.15, 0.2) is 57.9 Å². The zero-order valence-corrected chi connectivity index (χ0v) is 17.7. The van der Waals surface area contributed by atoms with Crippen LogP contribution in [-0.4, -0.2) is 26.7 Å². The fourth-order valence-corrected chi connectivity index (χ4v) is 2.70. The molecule has 1 heterocycles. The van der Waals surface area contributed by atoms with E-state index in [1.54, 1.807) is 14.2 Å². The van der Waals surface area contributed by atoms with Crippen molar-refractivity contribution < 1.29 is 13.9 Å². The Kier molecular flexibility index (Phi) is 7.78. The molecule has 144 valence electrons. The lowest BCUT2D eigenvalue weighted by Gasteiger charge is -2.10. The molecule has 3 rings (SSSR count). The Morgan fingerprint density at radius 2 is 1.85 bits per heavy atom. The summed E-state index contributed by atoms with van der Waals surface area (Å²) in [4.78, 5) is 4.33. The van der Waals surface area contributed by atoms with Crippen LogP contribution >= 0.6 is 24.0 Å². The zero-order valence-electron chi connectivity index (χ0n) is 15.4. The Labute approximate surface area is 175 Å². The SMILES string of the molecule is COc1ccc(CCNC(N)=NCc2cc3ccccc3o2)cc1OC.I. The largest absolute Gasteiger partial charge is 0.493 e. The van der Waals surface area contributed by atoms with Gasteiger partial charge in [0.1, 0.15) is 17.9 Å². The van der Waals surface area contributed by atoms with E-state index in [9.17, 15) is 0 Å². The van der Waals surface area contributed by atoms with E-state index in [0.717, 1.165) is 40.2 Å². The minimum absolute atomic E-state index is 0. The van der Waals surface area contributed by atoms with Crippen LogP contribution in [0.5, 0.6) is 11.5 Å². The zero-order chi connectivity index (χ0) is 18.4. The van der Waals surface area contributed by atoms with Gasteiger partial charge in [0.05, 0.1) is 14.2 Å². The summed E-state index contributed by atoms with van der Waals surface area (Å²) in [5.41, 5.74) is 7.92. The number of nitrogens with one attached hydrogen (secondary N) is 1. The number of hydrogen-bond donors (Lipinski definition) is 2. The van der Waals surface area contributed by atoms with Crippen molar-refractivity contribution in [1.29, 1.82) is 0 Å². The second-order valence-corrected chi connectivity index (χ2v) is 5.82. The predicted octanol–water partition coefficient (Wildman–Crippen LogP) is 3.72. The van der Waals surface area contributed by atoms with Crippen LogP contribution in [0.1, 0.15) is 11.3 Å². The van der Waals surface area contributed by atoms with Gasteiger partial charge in [-0.1, -0.05) is 24.3 Å². The first-order valence-corrected chi connectivity index (χ1v) is 8.41. The van der Waals surface area contributed by atoms with Gasteiger partial charge in [0.2, 0.25) is 0 Å². The molecule has 6 nitrogen and oxygen atoms in total. The number of aliphatic imine (C=N–C) groups is 1. The number of guanidine groups is 1. The molecular formula is C20H24IN3O3. The fourth-order valence-electron chi connectivity index (χ4n) is 2.70. The molecule has 0 fully saturated rings. The first-order chi connectivity index (χ1) is 12.7. The molecule has 0 radical (unpaired) electrons. The molecule has 27 heavy (non-hydrogen) atoms. The van der Waals surface area contributed by atoms with Gasteiger partial charge in [0, 0.05) is 11.9 Å². The summed E-state index contributed by atoms with van der Waals surface area (Å²) >= 11 is 0. The number of nitrogens with zero attached hydrogens (tertiary/aromatic N) is 1. The van der Waals surface area contributed by atoms with Gasteiger partial charge in [-0.25, -0.2) is 4.99 Å². The van der Waals surface area contributed by atoms with E-state index in [4.69, 9.17) is 19.6 Å². The number of methoxy groups -OCH3 is 2. The molecule has 0 saturated heterocycles. The molecular weight excluding hydrogens is 457 g/mol. The number of rotatable bonds is 7. The minimum atomic E-state index is 0. The van der Waals surface area contributed by atoms with Crippen LogP contribution in [0.25, 0.3) is 11.0 Å². The molecule has 0 aliphatic heterocycles. The van der Waals surface area contributed by atoms with Crippen LogP contribution in [-0.2, 0) is 13.0 Å². The molecule has 2 aromatic carbocycles. The van der Waals surface area contributed by atoms with E-state index in [2.05, 4.69) is 10.3 Å². The predicted molar refractivity (Wildman–Crippen MR) is 118 cm³/mol. The van der Waals surface area contributed by atoms with Crippen LogP contribution in [0.2, 0.25) is 0 Å². The summed E-state index contributed by atoms with van der Waals surface area (Å²) in [6.45, 7) is 1.08. The second kappa shape index (κ2) is 10.1. The lowest BCUT2D eigenvalue weighted by molar-refractivity contribution is 0.354. The van der Waals surface area contributed by atoms with Crippen LogP contribution in [0.3, 0.4) is 0 Å². The monoisotopic (exact) mass is 481 g/mol. The van der Waals surface area contributed by atoms with E-state index < -0.39 is 0 Å². The lowest BCUT2D eigenvalue weighted by Crippen LogP contribution is -2.33. The molecule has 7 heteroatoms. The molecule has 0 aliphatic carbocycles. The topological polar surface area (TPSA) is 82.0 Å². The normalized spacial score (nSPS) is 11.1. The third kappa shape index (κ3) is 5.53. The third-order valence-corrected chi connectivity index (χ3v) is 4.05. The van der Waals surface area contributed by atoms with Crippen molar-refractivity contribution in [1.82, 2.24) is 5.32 Å². The summed E-state index contributed by atoms with van der Waals surface area (Å²) in [6.07, 6.45) is 0.793. The number of furan rings is 1. The Balaban J connectivity index is 0.00000261. The number of para-hydroxylation sites is 1. The Morgan fingerprint density at radius 3 is 2.59 bits per heavy atom. The van der Waals surface area contributed by atoms with Gasteiger partial charge in [-0.3, -0.25) is 0 Å². The van der Waals surface area contributed by atoms with Gasteiger partial charge < -0.3 is 24.9 Å². The number of benzene rings is 2. The molecule has 0 amide bonds. The van der Waals surface area contributed by atoms with E-state index in [-0.39, 0.29) is 24.0 Å². The maximum atomic E-state index is 5.93. The van der Waals surface area contributed by atoms with Gasteiger partial charge in [-0.15, -0.1) is 24.0 Å². The molecule has 0 atom stereocenters. The van der Waals surface area contributed by atoms with Crippen molar-refractivity contribution in [2.24, 2.45) is 10.7 Å². The molecule has 0 aliphatic rings. The van der Waals surface area contributed by atoms with Gasteiger partial charge in [-0.05, 0) is 36.2 Å². The van der Waals surface area contributed by atoms with Crippen LogP contribution < -0.4 is 20.5 Å². The summed E-state index contributed by atoms with van der Waals surface area (Å²) in [5.74, 6) is 2.62. The highest BCUT2D eigenvalue weighted by Gasteiger charge is 2.05. The molecule has 0 bridgehead atoms. The van der Waals surface area contributed by atoms with E-state index in [0.29, 0.717) is 19.0 Å². The van der Waals surface area contributed by atoms with E-state index in [1.165, 1.54) is 0 Å². The number of ether oxygens (including phenoxy) is 2. The van der Waals surface area contributed by atoms with Crippen LogP contribution in [0.4, 0.5) is 0 Å². The quantitative estimate of drug-likeness (QED) is 0.306. The van der Waals surface area contributed by atoms with Crippen molar-refractivity contribution in [3.63, 3.8) is 0 Å². The van der Waals surface area contributed by atoms with Crippen molar-refractivity contribution >= 4 is 40.9 Å². The molecule has 0 spiro atoms. The first-order valence-electron chi connectivity index (χ1n) is 8.41. The number of halogens is 1. The first kappa shape index (κ1) is 20.9. The smallest absolute Gasteiger partial charge is 0.189 e. The van der Waals surface area contributed by atoms with Gasteiger partial charge in [0.25, 0.3) is 0 Å². The standard InChI is InChI=1S/C20H23N3O3.HI/c1-24-18-8-7-14(11-19(18)25-2)9-10-22-20(21)23-13-16-12-15-5-3-4-6-17(15)26-16;/h3-8,11-12H,9-10,13H2,1-2H3,(H3,21,22,23);1H. The molecule has 3 aromatic rings. The molecule has 0 unspecified atom stereocenters. The molecule has 3 N–H and O–H groups in total. The molecule has 0 saturated carbocycles. The average molecular weight is 481 g/mol. The lowest BCUT2D eigenvalue weighted by atomic mass is 10.1. The number of fused-ring (bicyclic) bond motifs is 1. The highest BCUT2D eigenvalue weighted by Crippen LogP contribution is 2.27. The Morgan fingerprint density at radius 1 is 1.07 bits per heavy atom. The summed E-state index contributed by atoms with van der Waals surface area (Å²) < 4.78 is 16.3. The highest BCUT2D eigenvalue weighted by atomic mass is 127. The van der Waals surface area contributed by atoms with Crippen molar-refractivity contribution in [3.05, 3.63) is 59.9 Å². The summed E-state index contributed by atoms with van der Waals surface area (Å²) in [7, 11) is 3.25. The summed E-state index contributed by atoms with van der Waals surface area (Å²) in [6, 6.07) is 15.7. The Hall–Kier alpha value is -2.42. The van der Waals surface area contributed by atoms with E-state index in [1.807, 2.05) is 48.5 Å². The highest BCUT2D eigenvalue weighted by molar-refractivity contribution is 14.0. The fraction of sp³-hybridized carbons (Fsp3) is 0.250. The average Bonchev–Trinajstić information content (AvgIpc) is 3.09. The van der Waals surface area contributed by atoms with Gasteiger partial charge >= 0.3 is 0 Å². The Bertz CT molecular complexity index is 875. The van der Waals surface area contributed by atoms with Crippen molar-refractivity contribution in [2.75, 3.05) is 20.8 Å².